The van der Waals surface area contributed by atoms with Crippen LogP contribution in [0.1, 0.15) is 5.56 Å². The van der Waals surface area contributed by atoms with E-state index in [1.165, 1.54) is 11.8 Å². The highest BCUT2D eigenvalue weighted by Gasteiger charge is 2.06. The second kappa shape index (κ2) is 5.13. The summed E-state index contributed by atoms with van der Waals surface area (Å²) < 4.78 is 0. The van der Waals surface area contributed by atoms with Crippen LogP contribution < -0.4 is 5.73 Å². The van der Waals surface area contributed by atoms with E-state index in [9.17, 15) is 0 Å². The van der Waals surface area contributed by atoms with Crippen molar-refractivity contribution in [2.24, 2.45) is 0 Å². The van der Waals surface area contributed by atoms with Crippen molar-refractivity contribution in [3.8, 4) is 6.07 Å². The van der Waals surface area contributed by atoms with E-state index in [0.29, 0.717) is 16.3 Å². The van der Waals surface area contributed by atoms with Crippen LogP contribution in [0.2, 0.25) is 5.02 Å². The molecule has 0 radical (unpaired) electrons. The lowest BCUT2D eigenvalue weighted by Gasteiger charge is -2.06. The molecule has 2 N–H and O–H groups in total. The fourth-order valence-electron chi connectivity index (χ4n) is 1.37. The number of anilines is 1. The van der Waals surface area contributed by atoms with Crippen LogP contribution in [0.15, 0.2) is 52.3 Å². The monoisotopic (exact) mass is 260 g/mol. The summed E-state index contributed by atoms with van der Waals surface area (Å²) in [5.74, 6) is 0. The Morgan fingerprint density at radius 3 is 2.59 bits per heavy atom. The summed E-state index contributed by atoms with van der Waals surface area (Å²) in [4.78, 5) is 1.78. The summed E-state index contributed by atoms with van der Waals surface area (Å²) >= 11 is 7.54. The third-order valence-corrected chi connectivity index (χ3v) is 3.77. The molecule has 0 fully saturated rings. The summed E-state index contributed by atoms with van der Waals surface area (Å²) in [7, 11) is 0. The van der Waals surface area contributed by atoms with Crippen LogP contribution >= 0.6 is 23.4 Å². The molecule has 17 heavy (non-hydrogen) atoms. The van der Waals surface area contributed by atoms with Crippen molar-refractivity contribution < 1.29 is 0 Å². The Bertz CT molecular complexity index is 590. The third-order valence-electron chi connectivity index (χ3n) is 2.18. The molecule has 84 valence electrons. The number of halogens is 1. The maximum atomic E-state index is 9.04. The first-order chi connectivity index (χ1) is 8.20. The fraction of sp³-hybridized carbons (Fsp3) is 0. The molecular formula is C13H9ClN2S. The van der Waals surface area contributed by atoms with Crippen molar-refractivity contribution in [3.63, 3.8) is 0 Å². The summed E-state index contributed by atoms with van der Waals surface area (Å²) in [5.41, 5.74) is 6.79. The van der Waals surface area contributed by atoms with Crippen molar-refractivity contribution >= 4 is 29.1 Å². The lowest BCUT2D eigenvalue weighted by Crippen LogP contribution is -1.88. The normalized spacial score (nSPS) is 9.88. The molecule has 0 saturated carbocycles. The number of nitrogen functional groups attached to an aromatic ring is 1. The highest BCUT2D eigenvalue weighted by atomic mass is 35.5. The quantitative estimate of drug-likeness (QED) is 0.832. The summed E-state index contributed by atoms with van der Waals surface area (Å²) in [6.07, 6.45) is 0. The molecule has 0 aliphatic heterocycles. The topological polar surface area (TPSA) is 49.8 Å². The Morgan fingerprint density at radius 2 is 1.88 bits per heavy atom. The maximum absolute atomic E-state index is 9.04. The minimum absolute atomic E-state index is 0.565. The van der Waals surface area contributed by atoms with Gasteiger partial charge in [0.15, 0.2) is 0 Å². The molecule has 0 aliphatic rings. The Morgan fingerprint density at radius 1 is 1.12 bits per heavy atom. The zero-order valence-electron chi connectivity index (χ0n) is 8.85. The van der Waals surface area contributed by atoms with Crippen molar-refractivity contribution in [2.75, 3.05) is 5.73 Å². The van der Waals surface area contributed by atoms with Crippen molar-refractivity contribution in [1.82, 2.24) is 0 Å². The SMILES string of the molecule is N#Cc1cc(N)ccc1Sc1ccccc1Cl. The van der Waals surface area contributed by atoms with E-state index in [2.05, 4.69) is 6.07 Å². The molecule has 0 saturated heterocycles. The number of nitrogens with two attached hydrogens (primary N) is 1. The number of hydrogen-bond donors (Lipinski definition) is 1. The molecule has 0 spiro atoms. The van der Waals surface area contributed by atoms with Gasteiger partial charge in [-0.3, -0.25) is 0 Å². The molecule has 2 nitrogen and oxygen atoms in total. The highest BCUT2D eigenvalue weighted by molar-refractivity contribution is 7.99. The van der Waals surface area contributed by atoms with Crippen molar-refractivity contribution in [2.45, 2.75) is 9.79 Å². The van der Waals surface area contributed by atoms with E-state index < -0.39 is 0 Å². The van der Waals surface area contributed by atoms with Gasteiger partial charge in [-0.25, -0.2) is 0 Å². The van der Waals surface area contributed by atoms with Gasteiger partial charge in [0.1, 0.15) is 6.07 Å². The van der Waals surface area contributed by atoms with Gasteiger partial charge in [-0.2, -0.15) is 5.26 Å². The molecule has 0 unspecified atom stereocenters. The van der Waals surface area contributed by atoms with E-state index >= 15 is 0 Å². The standard InChI is InChI=1S/C13H9ClN2S/c14-11-3-1-2-4-13(11)17-12-6-5-10(16)7-9(12)8-15/h1-7H,16H2. The second-order valence-electron chi connectivity index (χ2n) is 3.40. The predicted octanol–water partition coefficient (Wildman–Crippen LogP) is 3.95. The van der Waals surface area contributed by atoms with E-state index in [1.54, 1.807) is 12.1 Å². The van der Waals surface area contributed by atoms with E-state index in [1.807, 2.05) is 30.3 Å². The lowest BCUT2D eigenvalue weighted by molar-refractivity contribution is 1.35. The molecule has 2 rings (SSSR count). The summed E-state index contributed by atoms with van der Waals surface area (Å²) in [5, 5.41) is 9.72. The largest absolute Gasteiger partial charge is 0.399 e. The van der Waals surface area contributed by atoms with E-state index in [-0.39, 0.29) is 0 Å². The molecule has 0 aromatic heterocycles. The van der Waals surface area contributed by atoms with Gasteiger partial charge in [-0.1, -0.05) is 35.5 Å². The summed E-state index contributed by atoms with van der Waals surface area (Å²) in [6.45, 7) is 0. The second-order valence-corrected chi connectivity index (χ2v) is 4.89. The zero-order chi connectivity index (χ0) is 12.3. The Hall–Kier alpha value is -1.63. The number of nitriles is 1. The Labute approximate surface area is 109 Å². The van der Waals surface area contributed by atoms with Gasteiger partial charge in [0.2, 0.25) is 0 Å². The first kappa shape index (κ1) is 11.8. The zero-order valence-corrected chi connectivity index (χ0v) is 10.4. The molecule has 0 heterocycles. The van der Waals surface area contributed by atoms with Gasteiger partial charge in [0, 0.05) is 15.5 Å². The molecule has 0 amide bonds. The van der Waals surface area contributed by atoms with Gasteiger partial charge in [-0.05, 0) is 30.3 Å². The number of nitrogens with zero attached hydrogens (tertiary/aromatic N) is 1. The summed E-state index contributed by atoms with van der Waals surface area (Å²) in [6, 6.07) is 14.9. The van der Waals surface area contributed by atoms with Crippen LogP contribution in [0.25, 0.3) is 0 Å². The maximum Gasteiger partial charge on any atom is 0.100 e. The van der Waals surface area contributed by atoms with Gasteiger partial charge in [0.25, 0.3) is 0 Å². The smallest absolute Gasteiger partial charge is 0.100 e. The number of benzene rings is 2. The van der Waals surface area contributed by atoms with Gasteiger partial charge in [0.05, 0.1) is 10.6 Å². The third kappa shape index (κ3) is 2.73. The minimum atomic E-state index is 0.565. The van der Waals surface area contributed by atoms with Crippen molar-refractivity contribution in [3.05, 3.63) is 53.1 Å². The van der Waals surface area contributed by atoms with Crippen LogP contribution in [0, 0.1) is 11.3 Å². The first-order valence-electron chi connectivity index (χ1n) is 4.92. The predicted molar refractivity (Wildman–Crippen MR) is 71.1 cm³/mol. The average Bonchev–Trinajstić information content (AvgIpc) is 2.34. The Kier molecular flexibility index (Phi) is 3.58. The van der Waals surface area contributed by atoms with E-state index in [0.717, 1.165) is 9.79 Å². The Balaban J connectivity index is 2.37. The lowest BCUT2D eigenvalue weighted by atomic mass is 10.2. The average molecular weight is 261 g/mol. The van der Waals surface area contributed by atoms with Crippen LogP contribution in [0.4, 0.5) is 5.69 Å². The minimum Gasteiger partial charge on any atom is -0.399 e. The van der Waals surface area contributed by atoms with Crippen LogP contribution in [-0.4, -0.2) is 0 Å². The molecular weight excluding hydrogens is 252 g/mol. The van der Waals surface area contributed by atoms with Gasteiger partial charge < -0.3 is 5.73 Å². The molecule has 0 atom stereocenters. The van der Waals surface area contributed by atoms with Crippen LogP contribution in [0.3, 0.4) is 0 Å². The highest BCUT2D eigenvalue weighted by Crippen LogP contribution is 2.35. The number of rotatable bonds is 2. The van der Waals surface area contributed by atoms with Gasteiger partial charge >= 0.3 is 0 Å². The fourth-order valence-corrected chi connectivity index (χ4v) is 2.52. The van der Waals surface area contributed by atoms with Crippen molar-refractivity contribution in [1.29, 1.82) is 5.26 Å². The molecule has 2 aromatic carbocycles. The first-order valence-corrected chi connectivity index (χ1v) is 6.12. The number of hydrogen-bond acceptors (Lipinski definition) is 3. The molecule has 2 aromatic rings. The van der Waals surface area contributed by atoms with E-state index in [4.69, 9.17) is 22.6 Å². The van der Waals surface area contributed by atoms with Crippen LogP contribution in [-0.2, 0) is 0 Å². The van der Waals surface area contributed by atoms with Crippen LogP contribution in [0.5, 0.6) is 0 Å². The molecule has 4 heteroatoms. The molecule has 0 aliphatic carbocycles. The molecule has 0 bridgehead atoms. The van der Waals surface area contributed by atoms with Gasteiger partial charge in [-0.15, -0.1) is 0 Å².